The van der Waals surface area contributed by atoms with Gasteiger partial charge in [-0.2, -0.15) is 0 Å². The van der Waals surface area contributed by atoms with Crippen LogP contribution in [0.25, 0.3) is 0 Å². The van der Waals surface area contributed by atoms with Gasteiger partial charge >= 0.3 is 5.97 Å². The third-order valence-corrected chi connectivity index (χ3v) is 2.13. The number of hydrogen-bond acceptors (Lipinski definition) is 5. The van der Waals surface area contributed by atoms with Crippen LogP contribution in [-0.2, 0) is 19.1 Å². The van der Waals surface area contributed by atoms with Crippen molar-refractivity contribution in [2.75, 3.05) is 13.7 Å². The zero-order valence-electron chi connectivity index (χ0n) is 13.9. The summed E-state index contributed by atoms with van der Waals surface area (Å²) in [6.07, 6.45) is 2.78. The third-order valence-electron chi connectivity index (χ3n) is 2.13. The Kier molecular flexibility index (Phi) is 11.9. The molecule has 126 valence electrons. The van der Waals surface area contributed by atoms with Crippen LogP contribution < -0.4 is 5.32 Å². The van der Waals surface area contributed by atoms with E-state index in [9.17, 15) is 14.0 Å². The predicted octanol–water partition coefficient (Wildman–Crippen LogP) is 2.69. The van der Waals surface area contributed by atoms with Crippen molar-refractivity contribution in [2.24, 2.45) is 0 Å². The highest BCUT2D eigenvalue weighted by molar-refractivity contribution is 5.80. The maximum absolute atomic E-state index is 13.0. The maximum Gasteiger partial charge on any atom is 0.327 e. The van der Waals surface area contributed by atoms with Crippen molar-refractivity contribution >= 4 is 12.4 Å². The Morgan fingerprint density at radius 2 is 1.95 bits per heavy atom. The molecule has 0 saturated heterocycles. The van der Waals surface area contributed by atoms with Crippen LogP contribution in [0.3, 0.4) is 0 Å². The number of ether oxygens (including phenoxy) is 2. The van der Waals surface area contributed by atoms with Gasteiger partial charge in [-0.1, -0.05) is 25.3 Å². The summed E-state index contributed by atoms with van der Waals surface area (Å²) in [7, 11) is 1.54. The fourth-order valence-corrected chi connectivity index (χ4v) is 1.24. The SMILES string of the molecule is C=C/C=C(\C(=C)F)C(NC)C(=O)OCC.CC(C)(C)OC=O. The molecule has 0 fully saturated rings. The lowest BCUT2D eigenvalue weighted by Gasteiger charge is -2.16. The van der Waals surface area contributed by atoms with E-state index in [-0.39, 0.29) is 17.8 Å². The van der Waals surface area contributed by atoms with Crippen LogP contribution in [0.4, 0.5) is 4.39 Å². The molecule has 0 radical (unpaired) electrons. The summed E-state index contributed by atoms with van der Waals surface area (Å²) >= 11 is 0. The minimum absolute atomic E-state index is 0.131. The van der Waals surface area contributed by atoms with Crippen LogP contribution in [0.2, 0.25) is 0 Å². The van der Waals surface area contributed by atoms with E-state index in [1.165, 1.54) is 12.2 Å². The van der Waals surface area contributed by atoms with Gasteiger partial charge in [0.05, 0.1) is 6.61 Å². The lowest BCUT2D eigenvalue weighted by atomic mass is 10.1. The smallest absolute Gasteiger partial charge is 0.327 e. The first-order valence-electron chi connectivity index (χ1n) is 6.77. The molecule has 0 saturated carbocycles. The molecule has 22 heavy (non-hydrogen) atoms. The minimum atomic E-state index is -0.847. The zero-order chi connectivity index (χ0) is 17.8. The number of esters is 1. The van der Waals surface area contributed by atoms with Gasteiger partial charge in [-0.25, -0.2) is 9.18 Å². The number of likely N-dealkylation sites (N-methyl/N-ethyl adjacent to an activating group) is 1. The maximum atomic E-state index is 13.0. The first kappa shape index (κ1) is 22.3. The molecule has 0 aromatic rings. The average molecular weight is 315 g/mol. The topological polar surface area (TPSA) is 64.6 Å². The van der Waals surface area contributed by atoms with Crippen molar-refractivity contribution < 1.29 is 23.5 Å². The highest BCUT2D eigenvalue weighted by atomic mass is 19.1. The lowest BCUT2D eigenvalue weighted by molar-refractivity contribution is -0.144. The number of rotatable bonds is 7. The molecule has 1 unspecified atom stereocenters. The third kappa shape index (κ3) is 10.8. The second-order valence-corrected chi connectivity index (χ2v) is 5.06. The Morgan fingerprint density at radius 1 is 1.41 bits per heavy atom. The van der Waals surface area contributed by atoms with E-state index in [0.29, 0.717) is 6.47 Å². The van der Waals surface area contributed by atoms with Gasteiger partial charge in [0.1, 0.15) is 17.5 Å². The molecule has 0 aromatic carbocycles. The predicted molar refractivity (Wildman–Crippen MR) is 84.9 cm³/mol. The van der Waals surface area contributed by atoms with E-state index >= 15 is 0 Å². The quantitative estimate of drug-likeness (QED) is 0.444. The Morgan fingerprint density at radius 3 is 2.18 bits per heavy atom. The van der Waals surface area contributed by atoms with E-state index in [1.54, 1.807) is 14.0 Å². The Bertz CT molecular complexity index is 411. The summed E-state index contributed by atoms with van der Waals surface area (Å²) in [5, 5.41) is 2.66. The van der Waals surface area contributed by atoms with E-state index in [2.05, 4.69) is 23.2 Å². The lowest BCUT2D eigenvalue weighted by Crippen LogP contribution is -2.37. The molecule has 0 spiro atoms. The van der Waals surface area contributed by atoms with Gasteiger partial charge in [-0.3, -0.25) is 4.79 Å². The van der Waals surface area contributed by atoms with Crippen molar-refractivity contribution in [3.63, 3.8) is 0 Å². The molecule has 0 aliphatic rings. The molecular formula is C16H26FNO4. The molecule has 1 N–H and O–H groups in total. The van der Waals surface area contributed by atoms with Crippen molar-refractivity contribution in [2.45, 2.75) is 39.3 Å². The second kappa shape index (κ2) is 11.7. The van der Waals surface area contributed by atoms with Crippen molar-refractivity contribution in [3.05, 3.63) is 36.7 Å². The standard InChI is InChI=1S/C11H16FNO2.C5H10O2/c1-5-7-9(8(3)12)10(13-4)11(14)15-6-2;1-5(2,3)7-4-6/h5,7,10,13H,1,3,6H2,2,4H3;4H,1-3H3/b9-7+;. The molecule has 0 heterocycles. The Labute approximate surface area is 131 Å². The largest absolute Gasteiger partial charge is 0.465 e. The Balaban J connectivity index is 0. The second-order valence-electron chi connectivity index (χ2n) is 5.06. The summed E-state index contributed by atoms with van der Waals surface area (Å²) in [5.74, 6) is -1.21. The van der Waals surface area contributed by atoms with E-state index < -0.39 is 17.8 Å². The number of allylic oxidation sites excluding steroid dienone is 2. The van der Waals surface area contributed by atoms with Gasteiger partial charge in [0.25, 0.3) is 6.47 Å². The van der Waals surface area contributed by atoms with Gasteiger partial charge < -0.3 is 14.8 Å². The molecule has 0 aromatic heterocycles. The molecule has 5 nitrogen and oxygen atoms in total. The van der Waals surface area contributed by atoms with Crippen molar-refractivity contribution in [1.82, 2.24) is 5.32 Å². The van der Waals surface area contributed by atoms with Gasteiger partial charge in [0, 0.05) is 5.57 Å². The van der Waals surface area contributed by atoms with E-state index in [4.69, 9.17) is 4.74 Å². The molecule has 0 bridgehead atoms. The number of carbonyl (C=O) groups excluding carboxylic acids is 2. The molecular weight excluding hydrogens is 289 g/mol. The summed E-state index contributed by atoms with van der Waals surface area (Å²) in [4.78, 5) is 21.0. The number of nitrogens with one attached hydrogen (secondary N) is 1. The fourth-order valence-electron chi connectivity index (χ4n) is 1.24. The van der Waals surface area contributed by atoms with Crippen LogP contribution in [0, 0.1) is 0 Å². The molecule has 0 aliphatic heterocycles. The van der Waals surface area contributed by atoms with Crippen LogP contribution in [0.15, 0.2) is 36.7 Å². The summed E-state index contributed by atoms with van der Waals surface area (Å²) in [5.41, 5.74) is -0.187. The van der Waals surface area contributed by atoms with Crippen LogP contribution >= 0.6 is 0 Å². The first-order chi connectivity index (χ1) is 10.1. The molecule has 0 rings (SSSR count). The highest BCUT2D eigenvalue weighted by Crippen LogP contribution is 2.15. The first-order valence-corrected chi connectivity index (χ1v) is 6.77. The van der Waals surface area contributed by atoms with Gasteiger partial charge in [0.2, 0.25) is 0 Å². The van der Waals surface area contributed by atoms with Gasteiger partial charge in [-0.05, 0) is 34.7 Å². The minimum Gasteiger partial charge on any atom is -0.465 e. The summed E-state index contributed by atoms with van der Waals surface area (Å²) in [6.45, 7) is 14.5. The normalized spacial score (nSPS) is 12.4. The number of hydrogen-bond donors (Lipinski definition) is 1. The Hall–Kier alpha value is -1.95. The van der Waals surface area contributed by atoms with Crippen molar-refractivity contribution in [3.8, 4) is 0 Å². The van der Waals surface area contributed by atoms with Crippen LogP contribution in [-0.4, -0.2) is 37.7 Å². The number of carbonyl (C=O) groups is 2. The average Bonchev–Trinajstić information content (AvgIpc) is 2.38. The van der Waals surface area contributed by atoms with Crippen LogP contribution in [0.5, 0.6) is 0 Å². The van der Waals surface area contributed by atoms with Gasteiger partial charge in [-0.15, -0.1) is 0 Å². The number of halogens is 1. The molecule has 0 aliphatic carbocycles. The van der Waals surface area contributed by atoms with Gasteiger partial charge in [0.15, 0.2) is 0 Å². The summed E-state index contributed by atoms with van der Waals surface area (Å²) < 4.78 is 22.4. The van der Waals surface area contributed by atoms with E-state index in [0.717, 1.165) is 0 Å². The van der Waals surface area contributed by atoms with Crippen molar-refractivity contribution in [1.29, 1.82) is 0 Å². The monoisotopic (exact) mass is 315 g/mol. The van der Waals surface area contributed by atoms with Crippen LogP contribution in [0.1, 0.15) is 27.7 Å². The zero-order valence-corrected chi connectivity index (χ0v) is 13.9. The molecule has 0 amide bonds. The van der Waals surface area contributed by atoms with E-state index in [1.807, 2.05) is 20.8 Å². The summed E-state index contributed by atoms with van der Waals surface area (Å²) in [6, 6.07) is -0.847. The highest BCUT2D eigenvalue weighted by Gasteiger charge is 2.23. The fraction of sp³-hybridized carbons (Fsp3) is 0.500. The molecule has 1 atom stereocenters. The molecule has 6 heteroatoms.